The van der Waals surface area contributed by atoms with Crippen molar-refractivity contribution in [3.63, 3.8) is 0 Å². The predicted molar refractivity (Wildman–Crippen MR) is 289 cm³/mol. The largest absolute Gasteiger partial charge is 0.256 e. The number of nitrogens with zero attached hydrogens (tertiary/aromatic N) is 8. The van der Waals surface area contributed by atoms with Crippen molar-refractivity contribution in [1.82, 2.24) is 39.9 Å². The van der Waals surface area contributed by atoms with E-state index in [-0.39, 0.29) is 0 Å². The average molecular weight is 923 g/mol. The van der Waals surface area contributed by atoms with Crippen LogP contribution in [0.25, 0.3) is 124 Å². The summed E-state index contributed by atoms with van der Waals surface area (Å²) in [5.41, 5.74) is 19.1. The van der Waals surface area contributed by atoms with E-state index in [1.165, 1.54) is 0 Å². The van der Waals surface area contributed by atoms with Gasteiger partial charge in [0.05, 0.1) is 45.6 Å². The minimum Gasteiger partial charge on any atom is -0.256 e. The number of hydrogen-bond donors (Lipinski definition) is 0. The van der Waals surface area contributed by atoms with Crippen molar-refractivity contribution in [1.29, 1.82) is 0 Å². The van der Waals surface area contributed by atoms with Crippen LogP contribution in [0.1, 0.15) is 0 Å². The molecule has 0 aliphatic rings. The zero-order valence-corrected chi connectivity index (χ0v) is 38.8. The maximum Gasteiger partial charge on any atom is 0.160 e. The van der Waals surface area contributed by atoms with E-state index in [4.69, 9.17) is 19.9 Å². The lowest BCUT2D eigenvalue weighted by Gasteiger charge is -2.12. The van der Waals surface area contributed by atoms with Crippen molar-refractivity contribution in [2.24, 2.45) is 0 Å². The van der Waals surface area contributed by atoms with Crippen molar-refractivity contribution >= 4 is 0 Å². The summed E-state index contributed by atoms with van der Waals surface area (Å²) in [6.07, 6.45) is 7.25. The lowest BCUT2D eigenvalue weighted by Crippen LogP contribution is -1.96. The Kier molecular flexibility index (Phi) is 11.8. The summed E-state index contributed by atoms with van der Waals surface area (Å²) >= 11 is 0. The van der Waals surface area contributed by atoms with Crippen LogP contribution in [-0.2, 0) is 0 Å². The van der Waals surface area contributed by atoms with Crippen molar-refractivity contribution < 1.29 is 0 Å². The molecule has 6 aromatic heterocycles. The molecule has 12 aromatic rings. The Labute approximate surface area is 417 Å². The Morgan fingerprint density at radius 3 is 0.569 bits per heavy atom. The zero-order chi connectivity index (χ0) is 48.1. The standard InChI is InChI=1S/C64H42N8/c1-5-37-65-55(9-1)45-21-25-51(26-22-45)61-41-59(69-63(71-61)53-33-29-47(30-34-53)57-11-3-7-39-67-57)49-17-13-43(14-18-49)44-15-19-50(20-16-44)60-42-62(52-27-23-46(24-28-52)56-10-2-6-38-66-56)72-64(70-60)54-35-31-48(32-36-54)58-12-4-8-40-68-58/h1-42H. The first-order valence-electron chi connectivity index (χ1n) is 23.7. The molecule has 72 heavy (non-hydrogen) atoms. The van der Waals surface area contributed by atoms with Crippen LogP contribution in [0.15, 0.2) is 255 Å². The van der Waals surface area contributed by atoms with Crippen LogP contribution in [0.3, 0.4) is 0 Å². The maximum absolute atomic E-state index is 5.15. The second kappa shape index (κ2) is 19.6. The van der Waals surface area contributed by atoms with Crippen LogP contribution in [0.5, 0.6) is 0 Å². The molecule has 0 bridgehead atoms. The molecule has 0 N–H and O–H groups in total. The van der Waals surface area contributed by atoms with Crippen molar-refractivity contribution in [3.05, 3.63) is 255 Å². The number of aromatic nitrogens is 8. The maximum atomic E-state index is 5.15. The van der Waals surface area contributed by atoms with Gasteiger partial charge in [-0.15, -0.1) is 0 Å². The Morgan fingerprint density at radius 2 is 0.361 bits per heavy atom. The summed E-state index contributed by atoms with van der Waals surface area (Å²) in [5, 5.41) is 0. The Bertz CT molecular complexity index is 3310. The summed E-state index contributed by atoms with van der Waals surface area (Å²) in [6.45, 7) is 0. The molecule has 0 atom stereocenters. The van der Waals surface area contributed by atoms with Gasteiger partial charge in [-0.25, -0.2) is 19.9 Å². The molecule has 6 heterocycles. The van der Waals surface area contributed by atoms with Crippen molar-refractivity contribution in [3.8, 4) is 124 Å². The molecular weight excluding hydrogens is 881 g/mol. The molecule has 0 radical (unpaired) electrons. The Morgan fingerprint density at radius 1 is 0.167 bits per heavy atom. The number of pyridine rings is 4. The summed E-state index contributed by atoms with van der Waals surface area (Å²) < 4.78 is 0. The van der Waals surface area contributed by atoms with E-state index in [0.717, 1.165) is 112 Å². The van der Waals surface area contributed by atoms with E-state index >= 15 is 0 Å². The second-order valence-corrected chi connectivity index (χ2v) is 17.2. The van der Waals surface area contributed by atoms with E-state index in [0.29, 0.717) is 11.6 Å². The molecule has 0 amide bonds. The smallest absolute Gasteiger partial charge is 0.160 e. The van der Waals surface area contributed by atoms with Gasteiger partial charge in [-0.2, -0.15) is 0 Å². The van der Waals surface area contributed by atoms with Crippen LogP contribution < -0.4 is 0 Å². The van der Waals surface area contributed by atoms with Gasteiger partial charge in [0, 0.05) is 80.4 Å². The monoisotopic (exact) mass is 922 g/mol. The summed E-state index contributed by atoms with van der Waals surface area (Å²) in [6, 6.07) is 78.4. The molecule has 0 unspecified atom stereocenters. The molecule has 0 spiro atoms. The molecule has 338 valence electrons. The first-order valence-corrected chi connectivity index (χ1v) is 23.7. The SMILES string of the molecule is c1ccc(-c2ccc(-c3cc(-c4ccc(-c5ccc(-c6cc(-c7ccc(-c8ccccn8)cc7)nc(-c7ccc(-c8ccccn8)cc7)n6)cc5)cc4)nc(-c4ccc(-c5ccccn5)cc4)n3)cc2)nc1. The normalized spacial score (nSPS) is 11.1. The minimum absolute atomic E-state index is 0.641. The summed E-state index contributed by atoms with van der Waals surface area (Å²) in [4.78, 5) is 38.7. The lowest BCUT2D eigenvalue weighted by molar-refractivity contribution is 1.18. The van der Waals surface area contributed by atoms with Crippen LogP contribution in [0.4, 0.5) is 0 Å². The lowest BCUT2D eigenvalue weighted by atomic mass is 9.99. The third-order valence-electron chi connectivity index (χ3n) is 12.6. The highest BCUT2D eigenvalue weighted by molar-refractivity contribution is 5.79. The molecule has 0 aliphatic carbocycles. The molecule has 0 fully saturated rings. The number of rotatable bonds is 11. The fourth-order valence-corrected chi connectivity index (χ4v) is 8.75. The van der Waals surface area contributed by atoms with E-state index in [1.54, 1.807) is 0 Å². The molecule has 0 saturated heterocycles. The van der Waals surface area contributed by atoms with Gasteiger partial charge >= 0.3 is 0 Å². The highest BCUT2D eigenvalue weighted by atomic mass is 14.9. The van der Waals surface area contributed by atoms with E-state index in [9.17, 15) is 0 Å². The highest BCUT2D eigenvalue weighted by Crippen LogP contribution is 2.34. The Balaban J connectivity index is 0.854. The molecule has 0 aliphatic heterocycles. The molecule has 8 heteroatoms. The second-order valence-electron chi connectivity index (χ2n) is 17.2. The number of hydrogen-bond acceptors (Lipinski definition) is 8. The van der Waals surface area contributed by atoms with Crippen LogP contribution in [-0.4, -0.2) is 39.9 Å². The predicted octanol–water partition coefficient (Wildman–Crippen LogP) is 15.2. The van der Waals surface area contributed by atoms with Gasteiger partial charge < -0.3 is 0 Å². The van der Waals surface area contributed by atoms with Crippen molar-refractivity contribution in [2.75, 3.05) is 0 Å². The highest BCUT2D eigenvalue weighted by Gasteiger charge is 2.15. The Hall–Kier alpha value is -9.92. The molecule has 12 rings (SSSR count). The zero-order valence-electron chi connectivity index (χ0n) is 38.8. The summed E-state index contributed by atoms with van der Waals surface area (Å²) in [5.74, 6) is 1.28. The number of benzene rings is 6. The molecular formula is C64H42N8. The van der Waals surface area contributed by atoms with Gasteiger partial charge in [0.1, 0.15) is 0 Å². The van der Waals surface area contributed by atoms with Gasteiger partial charge in [0.2, 0.25) is 0 Å². The van der Waals surface area contributed by atoms with Gasteiger partial charge in [-0.05, 0) is 71.8 Å². The molecule has 6 aromatic carbocycles. The van der Waals surface area contributed by atoms with Gasteiger partial charge in [0.25, 0.3) is 0 Å². The van der Waals surface area contributed by atoms with Crippen LogP contribution in [0, 0.1) is 0 Å². The quantitative estimate of drug-likeness (QED) is 0.126. The third-order valence-corrected chi connectivity index (χ3v) is 12.6. The van der Waals surface area contributed by atoms with E-state index in [2.05, 4.69) is 178 Å². The summed E-state index contributed by atoms with van der Waals surface area (Å²) in [7, 11) is 0. The van der Waals surface area contributed by atoms with E-state index < -0.39 is 0 Å². The average Bonchev–Trinajstić information content (AvgIpc) is 3.48. The van der Waals surface area contributed by atoms with Crippen molar-refractivity contribution in [2.45, 2.75) is 0 Å². The first kappa shape index (κ1) is 43.4. The fourth-order valence-electron chi connectivity index (χ4n) is 8.75. The first-order chi connectivity index (χ1) is 35.6. The van der Waals surface area contributed by atoms with E-state index in [1.807, 2.05) is 97.6 Å². The molecule has 8 nitrogen and oxygen atoms in total. The third kappa shape index (κ3) is 9.31. The van der Waals surface area contributed by atoms with Crippen LogP contribution >= 0.6 is 0 Å². The van der Waals surface area contributed by atoms with Gasteiger partial charge in [0.15, 0.2) is 11.6 Å². The fraction of sp³-hybridized carbons (Fsp3) is 0. The van der Waals surface area contributed by atoms with Crippen LogP contribution in [0.2, 0.25) is 0 Å². The minimum atomic E-state index is 0.641. The van der Waals surface area contributed by atoms with Gasteiger partial charge in [-0.3, -0.25) is 19.9 Å². The molecule has 0 saturated carbocycles. The topological polar surface area (TPSA) is 103 Å². The van der Waals surface area contributed by atoms with Gasteiger partial charge in [-0.1, -0.05) is 170 Å².